The van der Waals surface area contributed by atoms with Gasteiger partial charge in [0.2, 0.25) is 5.91 Å². The molecule has 0 aromatic carbocycles. The van der Waals surface area contributed by atoms with Crippen LogP contribution in [-0.4, -0.2) is 22.0 Å². The number of rotatable bonds is 4. The molecular formula is C13H10N2O3S. The summed E-state index contributed by atoms with van der Waals surface area (Å²) in [5, 5.41) is 13.2. The molecule has 0 atom stereocenters. The lowest BCUT2D eigenvalue weighted by atomic mass is 10.3. The fourth-order valence-electron chi connectivity index (χ4n) is 1.34. The molecule has 2 aromatic heterocycles. The molecule has 0 unspecified atom stereocenters. The fourth-order valence-corrected chi connectivity index (χ4v) is 1.95. The van der Waals surface area contributed by atoms with Gasteiger partial charge in [0.15, 0.2) is 5.69 Å². The van der Waals surface area contributed by atoms with Crippen molar-refractivity contribution in [2.75, 3.05) is 5.32 Å². The van der Waals surface area contributed by atoms with Gasteiger partial charge in [0.25, 0.3) is 0 Å². The first-order valence-corrected chi connectivity index (χ1v) is 6.26. The number of carboxylic acids is 1. The maximum Gasteiger partial charge on any atom is 0.354 e. The Morgan fingerprint density at radius 1 is 1.26 bits per heavy atom. The largest absolute Gasteiger partial charge is 0.477 e. The number of carbonyl (C=O) groups excluding carboxylic acids is 1. The number of aromatic nitrogens is 1. The topological polar surface area (TPSA) is 79.3 Å². The summed E-state index contributed by atoms with van der Waals surface area (Å²) in [6.07, 6.45) is 3.06. The van der Waals surface area contributed by atoms with E-state index < -0.39 is 5.97 Å². The minimum atomic E-state index is -1.13. The second kappa shape index (κ2) is 5.92. The number of pyridine rings is 1. The second-order valence-electron chi connectivity index (χ2n) is 3.55. The molecule has 19 heavy (non-hydrogen) atoms. The van der Waals surface area contributed by atoms with Crippen molar-refractivity contribution < 1.29 is 14.7 Å². The van der Waals surface area contributed by atoms with Crippen LogP contribution in [0.5, 0.6) is 0 Å². The third-order valence-electron chi connectivity index (χ3n) is 2.16. The lowest BCUT2D eigenvalue weighted by Crippen LogP contribution is -2.11. The Balaban J connectivity index is 2.03. The maximum absolute atomic E-state index is 11.6. The molecule has 0 fully saturated rings. The molecule has 2 aromatic rings. The van der Waals surface area contributed by atoms with E-state index in [1.807, 2.05) is 17.5 Å². The minimum absolute atomic E-state index is 0.111. The second-order valence-corrected chi connectivity index (χ2v) is 4.53. The summed E-state index contributed by atoms with van der Waals surface area (Å²) in [4.78, 5) is 27.1. The van der Waals surface area contributed by atoms with Crippen LogP contribution in [-0.2, 0) is 4.79 Å². The van der Waals surface area contributed by atoms with Crippen LogP contribution in [0.15, 0.2) is 41.8 Å². The van der Waals surface area contributed by atoms with Crippen molar-refractivity contribution in [3.8, 4) is 0 Å². The first kappa shape index (κ1) is 13.0. The molecule has 0 aliphatic heterocycles. The number of thiophene rings is 1. The molecule has 2 rings (SSSR count). The van der Waals surface area contributed by atoms with Crippen molar-refractivity contribution in [3.63, 3.8) is 0 Å². The summed E-state index contributed by atoms with van der Waals surface area (Å²) < 4.78 is 0. The number of nitrogens with zero attached hydrogens (tertiary/aromatic N) is 1. The molecule has 0 radical (unpaired) electrons. The van der Waals surface area contributed by atoms with E-state index in [0.29, 0.717) is 0 Å². The van der Waals surface area contributed by atoms with Gasteiger partial charge in [-0.1, -0.05) is 12.1 Å². The average Bonchev–Trinajstić information content (AvgIpc) is 2.90. The van der Waals surface area contributed by atoms with Crippen LogP contribution >= 0.6 is 11.3 Å². The summed E-state index contributed by atoms with van der Waals surface area (Å²) in [6, 6.07) is 8.19. The third-order valence-corrected chi connectivity index (χ3v) is 3.00. The number of carbonyl (C=O) groups is 2. The molecule has 2 heterocycles. The van der Waals surface area contributed by atoms with E-state index in [1.54, 1.807) is 6.08 Å². The van der Waals surface area contributed by atoms with Crippen molar-refractivity contribution in [3.05, 3.63) is 52.4 Å². The fraction of sp³-hybridized carbons (Fsp3) is 0. The Kier molecular flexibility index (Phi) is 4.04. The van der Waals surface area contributed by atoms with Crippen LogP contribution in [0.4, 0.5) is 5.82 Å². The lowest BCUT2D eigenvalue weighted by Gasteiger charge is -2.01. The van der Waals surface area contributed by atoms with Crippen molar-refractivity contribution in [1.82, 2.24) is 4.98 Å². The number of hydrogen-bond donors (Lipinski definition) is 2. The molecule has 0 saturated heterocycles. The summed E-state index contributed by atoms with van der Waals surface area (Å²) in [7, 11) is 0. The monoisotopic (exact) mass is 274 g/mol. The van der Waals surface area contributed by atoms with Crippen molar-refractivity contribution in [2.24, 2.45) is 0 Å². The van der Waals surface area contributed by atoms with Crippen molar-refractivity contribution in [2.45, 2.75) is 0 Å². The van der Waals surface area contributed by atoms with Gasteiger partial charge in [0.1, 0.15) is 5.82 Å². The van der Waals surface area contributed by atoms with E-state index in [9.17, 15) is 9.59 Å². The van der Waals surface area contributed by atoms with Crippen LogP contribution in [0.3, 0.4) is 0 Å². The van der Waals surface area contributed by atoms with Gasteiger partial charge in [0, 0.05) is 11.0 Å². The van der Waals surface area contributed by atoms with Gasteiger partial charge in [-0.2, -0.15) is 0 Å². The van der Waals surface area contributed by atoms with E-state index in [1.165, 1.54) is 35.6 Å². The third kappa shape index (κ3) is 3.75. The minimum Gasteiger partial charge on any atom is -0.477 e. The van der Waals surface area contributed by atoms with E-state index in [4.69, 9.17) is 5.11 Å². The molecule has 96 valence electrons. The van der Waals surface area contributed by atoms with Crippen LogP contribution < -0.4 is 5.32 Å². The highest BCUT2D eigenvalue weighted by atomic mass is 32.1. The number of anilines is 1. The van der Waals surface area contributed by atoms with Crippen LogP contribution in [0.25, 0.3) is 6.08 Å². The molecule has 0 aliphatic rings. The number of carboxylic acid groups (broad SMARTS) is 1. The molecule has 0 spiro atoms. The van der Waals surface area contributed by atoms with Crippen LogP contribution in [0.1, 0.15) is 15.4 Å². The van der Waals surface area contributed by atoms with E-state index in [2.05, 4.69) is 10.3 Å². The van der Waals surface area contributed by atoms with Gasteiger partial charge in [-0.25, -0.2) is 9.78 Å². The van der Waals surface area contributed by atoms with Crippen molar-refractivity contribution >= 4 is 35.1 Å². The Hall–Kier alpha value is -2.47. The van der Waals surface area contributed by atoms with Crippen molar-refractivity contribution in [1.29, 1.82) is 0 Å². The highest BCUT2D eigenvalue weighted by Gasteiger charge is 2.06. The van der Waals surface area contributed by atoms with Gasteiger partial charge < -0.3 is 10.4 Å². The van der Waals surface area contributed by atoms with Crippen LogP contribution in [0.2, 0.25) is 0 Å². The number of nitrogens with one attached hydrogen (secondary N) is 1. The zero-order chi connectivity index (χ0) is 13.7. The number of aromatic carboxylic acids is 1. The Morgan fingerprint density at radius 2 is 2.11 bits per heavy atom. The zero-order valence-electron chi connectivity index (χ0n) is 9.74. The van der Waals surface area contributed by atoms with E-state index in [0.717, 1.165) is 4.88 Å². The van der Waals surface area contributed by atoms with Gasteiger partial charge in [-0.15, -0.1) is 11.3 Å². The highest BCUT2D eigenvalue weighted by molar-refractivity contribution is 7.10. The molecule has 0 saturated carbocycles. The molecule has 6 heteroatoms. The standard InChI is InChI=1S/C13H10N2O3S/c16-12(7-6-9-3-2-8-19-9)15-11-5-1-4-10(14-11)13(17)18/h1-8H,(H,17,18)(H,14,15,16). The van der Waals surface area contributed by atoms with Gasteiger partial charge in [-0.05, 0) is 29.7 Å². The Labute approximate surface area is 113 Å². The van der Waals surface area contributed by atoms with Gasteiger partial charge >= 0.3 is 5.97 Å². The van der Waals surface area contributed by atoms with Gasteiger partial charge in [0.05, 0.1) is 0 Å². The predicted octanol–water partition coefficient (Wildman–Crippen LogP) is 2.49. The highest BCUT2D eigenvalue weighted by Crippen LogP contribution is 2.10. The Morgan fingerprint density at radius 3 is 2.79 bits per heavy atom. The molecule has 0 aliphatic carbocycles. The number of amides is 1. The number of hydrogen-bond acceptors (Lipinski definition) is 4. The maximum atomic E-state index is 11.6. The molecule has 5 nitrogen and oxygen atoms in total. The molecular weight excluding hydrogens is 264 g/mol. The lowest BCUT2D eigenvalue weighted by molar-refractivity contribution is -0.111. The zero-order valence-corrected chi connectivity index (χ0v) is 10.6. The molecule has 1 amide bonds. The average molecular weight is 274 g/mol. The normalized spacial score (nSPS) is 10.5. The Bertz CT molecular complexity index is 621. The predicted molar refractivity (Wildman–Crippen MR) is 73.2 cm³/mol. The molecule has 0 bridgehead atoms. The molecule has 2 N–H and O–H groups in total. The van der Waals surface area contributed by atoms with Crippen LogP contribution in [0, 0.1) is 0 Å². The quantitative estimate of drug-likeness (QED) is 0.839. The first-order chi connectivity index (χ1) is 9.15. The summed E-state index contributed by atoms with van der Waals surface area (Å²) >= 11 is 1.52. The van der Waals surface area contributed by atoms with E-state index in [-0.39, 0.29) is 17.4 Å². The summed E-state index contributed by atoms with van der Waals surface area (Å²) in [5.41, 5.74) is -0.111. The van der Waals surface area contributed by atoms with Gasteiger partial charge in [-0.3, -0.25) is 4.79 Å². The first-order valence-electron chi connectivity index (χ1n) is 5.38. The van der Waals surface area contributed by atoms with E-state index >= 15 is 0 Å². The summed E-state index contributed by atoms with van der Waals surface area (Å²) in [5.74, 6) is -1.28. The SMILES string of the molecule is O=C(C=Cc1cccs1)Nc1cccc(C(=O)O)n1. The summed E-state index contributed by atoms with van der Waals surface area (Å²) in [6.45, 7) is 0. The smallest absolute Gasteiger partial charge is 0.354 e.